The van der Waals surface area contributed by atoms with Crippen molar-refractivity contribution in [3.8, 4) is 6.07 Å². The number of nitriles is 1. The summed E-state index contributed by atoms with van der Waals surface area (Å²) in [6.07, 6.45) is 1.13. The fourth-order valence-electron chi connectivity index (χ4n) is 1.96. The number of hydrogen-bond acceptors (Lipinski definition) is 5. The molecule has 0 heterocycles. The van der Waals surface area contributed by atoms with Crippen LogP contribution in [-0.2, 0) is 9.53 Å². The number of nitrogens with zero attached hydrogens (tertiary/aromatic N) is 1. The molecule has 0 bridgehead atoms. The molecule has 0 amide bonds. The second-order valence-corrected chi connectivity index (χ2v) is 4.03. The van der Waals surface area contributed by atoms with Crippen molar-refractivity contribution in [3.63, 3.8) is 0 Å². The molecule has 0 aromatic heterocycles. The van der Waals surface area contributed by atoms with Gasteiger partial charge in [-0.05, 0) is 18.6 Å². The van der Waals surface area contributed by atoms with Gasteiger partial charge in [0.25, 0.3) is 0 Å². The van der Waals surface area contributed by atoms with E-state index in [1.165, 1.54) is 6.07 Å². The van der Waals surface area contributed by atoms with Gasteiger partial charge in [-0.1, -0.05) is 24.3 Å². The number of esters is 1. The lowest BCUT2D eigenvalue weighted by Gasteiger charge is -2.16. The van der Waals surface area contributed by atoms with E-state index in [9.17, 15) is 14.7 Å². The molecule has 0 saturated carbocycles. The van der Waals surface area contributed by atoms with Gasteiger partial charge in [0.05, 0.1) is 6.61 Å². The maximum Gasteiger partial charge on any atom is 0.349 e. The number of hydrogen-bond donors (Lipinski definition) is 1. The van der Waals surface area contributed by atoms with Crippen LogP contribution in [0.3, 0.4) is 0 Å². The van der Waals surface area contributed by atoms with Gasteiger partial charge in [-0.3, -0.25) is 4.79 Å². The van der Waals surface area contributed by atoms with Crippen molar-refractivity contribution >= 4 is 17.3 Å². The zero-order valence-electron chi connectivity index (χ0n) is 10.7. The predicted molar refractivity (Wildman–Crippen MR) is 70.7 cm³/mol. The van der Waals surface area contributed by atoms with E-state index in [-0.39, 0.29) is 23.3 Å². The van der Waals surface area contributed by atoms with E-state index in [4.69, 9.17) is 10.00 Å². The van der Waals surface area contributed by atoms with Crippen LogP contribution < -0.4 is 0 Å². The number of ether oxygens (including phenoxy) is 1. The number of fused-ring (bicyclic) bond motifs is 1. The van der Waals surface area contributed by atoms with Crippen LogP contribution >= 0.6 is 0 Å². The van der Waals surface area contributed by atoms with E-state index in [1.807, 2.05) is 0 Å². The second-order valence-electron chi connectivity index (χ2n) is 4.03. The average Bonchev–Trinajstić information content (AvgIpc) is 2.45. The SMILES string of the molecule is CCOC(=O)/C(C#N)=C1/C=C(O)C(=O)c2ccccc21. The molecular formula is C15H11NO4. The molecule has 0 radical (unpaired) electrons. The fourth-order valence-corrected chi connectivity index (χ4v) is 1.96. The van der Waals surface area contributed by atoms with Gasteiger partial charge in [0.15, 0.2) is 5.76 Å². The summed E-state index contributed by atoms with van der Waals surface area (Å²) in [4.78, 5) is 23.6. The summed E-state index contributed by atoms with van der Waals surface area (Å²) in [6, 6.07) is 8.24. The maximum atomic E-state index is 11.8. The molecule has 0 fully saturated rings. The van der Waals surface area contributed by atoms with Gasteiger partial charge in [0, 0.05) is 11.1 Å². The first-order valence-corrected chi connectivity index (χ1v) is 5.96. The third-order valence-corrected chi connectivity index (χ3v) is 2.84. The highest BCUT2D eigenvalue weighted by atomic mass is 16.5. The number of aliphatic hydroxyl groups is 1. The van der Waals surface area contributed by atoms with Crippen LogP contribution in [0.5, 0.6) is 0 Å². The van der Waals surface area contributed by atoms with E-state index in [0.717, 1.165) is 6.08 Å². The summed E-state index contributed by atoms with van der Waals surface area (Å²) < 4.78 is 4.81. The molecule has 20 heavy (non-hydrogen) atoms. The normalized spacial score (nSPS) is 15.8. The Morgan fingerprint density at radius 2 is 2.00 bits per heavy atom. The highest BCUT2D eigenvalue weighted by Gasteiger charge is 2.27. The molecule has 100 valence electrons. The molecular weight excluding hydrogens is 258 g/mol. The van der Waals surface area contributed by atoms with Crippen molar-refractivity contribution in [2.24, 2.45) is 0 Å². The first-order chi connectivity index (χ1) is 9.60. The predicted octanol–water partition coefficient (Wildman–Crippen LogP) is 2.17. The Hall–Kier alpha value is -2.87. The van der Waals surface area contributed by atoms with Crippen molar-refractivity contribution in [1.82, 2.24) is 0 Å². The van der Waals surface area contributed by atoms with Crippen molar-refractivity contribution < 1.29 is 19.4 Å². The number of carbonyl (C=O) groups excluding carboxylic acids is 2. The van der Waals surface area contributed by atoms with E-state index in [2.05, 4.69) is 0 Å². The zero-order chi connectivity index (χ0) is 14.7. The number of ketones is 1. The Bertz CT molecular complexity index is 692. The molecule has 1 N–H and O–H groups in total. The standard InChI is InChI=1S/C15H11NO4/c1-2-20-15(19)12(8-16)11-7-13(17)14(18)10-6-4-3-5-9(10)11/h3-7,17H,2H2,1H3/b12-11-. The van der Waals surface area contributed by atoms with Crippen molar-refractivity contribution in [3.05, 3.63) is 52.8 Å². The maximum absolute atomic E-state index is 11.8. The zero-order valence-corrected chi connectivity index (χ0v) is 10.7. The third-order valence-electron chi connectivity index (χ3n) is 2.84. The summed E-state index contributed by atoms with van der Waals surface area (Å²) in [5.74, 6) is -1.82. The number of aliphatic hydroxyl groups excluding tert-OH is 1. The fraction of sp³-hybridized carbons (Fsp3) is 0.133. The number of rotatable bonds is 2. The van der Waals surface area contributed by atoms with E-state index < -0.39 is 17.5 Å². The highest BCUT2D eigenvalue weighted by molar-refractivity contribution is 6.17. The molecule has 5 heteroatoms. The number of allylic oxidation sites excluding steroid dienone is 3. The van der Waals surface area contributed by atoms with Gasteiger partial charge >= 0.3 is 5.97 Å². The third kappa shape index (κ3) is 2.19. The quantitative estimate of drug-likeness (QED) is 0.505. The highest BCUT2D eigenvalue weighted by Crippen LogP contribution is 2.31. The van der Waals surface area contributed by atoms with Crippen LogP contribution in [0.1, 0.15) is 22.8 Å². The Morgan fingerprint density at radius 3 is 2.60 bits per heavy atom. The summed E-state index contributed by atoms with van der Waals surface area (Å²) in [6.45, 7) is 1.76. The average molecular weight is 269 g/mol. The summed E-state index contributed by atoms with van der Waals surface area (Å²) in [5, 5.41) is 18.8. The minimum Gasteiger partial charge on any atom is -0.504 e. The summed E-state index contributed by atoms with van der Waals surface area (Å²) >= 11 is 0. The Balaban J connectivity index is 2.69. The van der Waals surface area contributed by atoms with Gasteiger partial charge in [-0.2, -0.15) is 5.26 Å². The lowest BCUT2D eigenvalue weighted by molar-refractivity contribution is -0.137. The molecule has 0 unspecified atom stereocenters. The van der Waals surface area contributed by atoms with Gasteiger partial charge in [-0.15, -0.1) is 0 Å². The smallest absolute Gasteiger partial charge is 0.349 e. The molecule has 0 spiro atoms. The van der Waals surface area contributed by atoms with Crippen molar-refractivity contribution in [2.45, 2.75) is 6.92 Å². The molecule has 1 aromatic carbocycles. The lowest BCUT2D eigenvalue weighted by Crippen LogP contribution is -2.15. The van der Waals surface area contributed by atoms with Crippen LogP contribution in [0.25, 0.3) is 5.57 Å². The van der Waals surface area contributed by atoms with Crippen LogP contribution in [0.15, 0.2) is 41.7 Å². The van der Waals surface area contributed by atoms with Gasteiger partial charge < -0.3 is 9.84 Å². The lowest BCUT2D eigenvalue weighted by atomic mass is 9.88. The first kappa shape index (κ1) is 13.6. The minimum atomic E-state index is -0.779. The van der Waals surface area contributed by atoms with Gasteiger partial charge in [-0.25, -0.2) is 4.79 Å². The molecule has 0 aliphatic heterocycles. The van der Waals surface area contributed by atoms with Crippen molar-refractivity contribution in [2.75, 3.05) is 6.61 Å². The van der Waals surface area contributed by atoms with E-state index in [1.54, 1.807) is 31.2 Å². The number of benzene rings is 1. The van der Waals surface area contributed by atoms with Gasteiger partial charge in [0.2, 0.25) is 5.78 Å². The van der Waals surface area contributed by atoms with Gasteiger partial charge in [0.1, 0.15) is 11.6 Å². The monoisotopic (exact) mass is 269 g/mol. The number of carbonyl (C=O) groups is 2. The minimum absolute atomic E-state index is 0.133. The molecule has 0 saturated heterocycles. The summed E-state index contributed by atoms with van der Waals surface area (Å²) in [7, 11) is 0. The topological polar surface area (TPSA) is 87.4 Å². The molecule has 0 atom stereocenters. The van der Waals surface area contributed by atoms with Crippen LogP contribution in [-0.4, -0.2) is 23.5 Å². The van der Waals surface area contributed by atoms with Crippen LogP contribution in [0.2, 0.25) is 0 Å². The van der Waals surface area contributed by atoms with E-state index in [0.29, 0.717) is 5.56 Å². The largest absolute Gasteiger partial charge is 0.504 e. The Morgan fingerprint density at radius 1 is 1.35 bits per heavy atom. The molecule has 1 aromatic rings. The van der Waals surface area contributed by atoms with E-state index >= 15 is 0 Å². The molecule has 5 nitrogen and oxygen atoms in total. The summed E-state index contributed by atoms with van der Waals surface area (Å²) in [5.41, 5.74) is 0.636. The first-order valence-electron chi connectivity index (χ1n) is 5.96. The van der Waals surface area contributed by atoms with Crippen molar-refractivity contribution in [1.29, 1.82) is 5.26 Å². The van der Waals surface area contributed by atoms with Crippen LogP contribution in [0.4, 0.5) is 0 Å². The molecule has 1 aliphatic rings. The second kappa shape index (κ2) is 5.41. The molecule has 1 aliphatic carbocycles. The Labute approximate surface area is 115 Å². The van der Waals surface area contributed by atoms with Crippen LogP contribution in [0, 0.1) is 11.3 Å². The Kier molecular flexibility index (Phi) is 3.67. The molecule has 2 rings (SSSR count). The number of Topliss-reactive ketones (excluding diaryl/α,β-unsaturated/α-hetero) is 1.